The Morgan fingerprint density at radius 2 is 1.89 bits per heavy atom. The zero-order chi connectivity index (χ0) is 13.7. The van der Waals surface area contributed by atoms with Gasteiger partial charge in [-0.2, -0.15) is 0 Å². The lowest BCUT2D eigenvalue weighted by Gasteiger charge is -2.33. The fraction of sp³-hybridized carbons (Fsp3) is 0.625. The van der Waals surface area contributed by atoms with E-state index in [4.69, 9.17) is 11.6 Å². The van der Waals surface area contributed by atoms with Crippen molar-refractivity contribution in [3.63, 3.8) is 0 Å². The lowest BCUT2D eigenvalue weighted by atomic mass is 10.0. The van der Waals surface area contributed by atoms with Gasteiger partial charge in [-0.1, -0.05) is 30.7 Å². The van der Waals surface area contributed by atoms with Crippen LogP contribution in [0.5, 0.6) is 0 Å². The van der Waals surface area contributed by atoms with E-state index in [2.05, 4.69) is 36.2 Å². The van der Waals surface area contributed by atoms with Crippen LogP contribution < -0.4 is 5.32 Å². The fourth-order valence-electron chi connectivity index (χ4n) is 2.84. The van der Waals surface area contributed by atoms with Gasteiger partial charge in [-0.05, 0) is 63.5 Å². The smallest absolute Gasteiger partial charge is 0.0406 e. The first-order valence-electron chi connectivity index (χ1n) is 7.43. The second-order valence-corrected chi connectivity index (χ2v) is 5.99. The summed E-state index contributed by atoms with van der Waals surface area (Å²) in [5, 5.41) is 4.56. The Kier molecular flexibility index (Phi) is 5.68. The molecule has 106 valence electrons. The predicted octanol–water partition coefficient (Wildman–Crippen LogP) is 3.87. The molecule has 0 aromatic heterocycles. The zero-order valence-electron chi connectivity index (χ0n) is 12.0. The van der Waals surface area contributed by atoms with Gasteiger partial charge in [0.25, 0.3) is 0 Å². The Bertz CT molecular complexity index is 369. The van der Waals surface area contributed by atoms with Gasteiger partial charge in [0.2, 0.25) is 0 Å². The molecule has 1 atom stereocenters. The third-order valence-electron chi connectivity index (χ3n) is 3.98. The lowest BCUT2D eigenvalue weighted by molar-refractivity contribution is 0.192. The molecule has 2 rings (SSSR count). The van der Waals surface area contributed by atoms with Crippen molar-refractivity contribution in [1.29, 1.82) is 0 Å². The maximum Gasteiger partial charge on any atom is 0.0406 e. The highest BCUT2D eigenvalue weighted by molar-refractivity contribution is 6.30. The molecule has 0 bridgehead atoms. The molecule has 1 aromatic rings. The number of rotatable bonds is 5. The molecular weight excluding hydrogens is 256 g/mol. The summed E-state index contributed by atoms with van der Waals surface area (Å²) in [5.74, 6) is 0. The summed E-state index contributed by atoms with van der Waals surface area (Å²) in [6, 6.07) is 9.23. The first-order valence-corrected chi connectivity index (χ1v) is 7.80. The second kappa shape index (κ2) is 7.28. The standard InChI is InChI=1S/C16H25ClN2/c1-3-10-19-11-8-16(9-12-19)18-13(2)14-4-6-15(17)7-5-14/h4-7,13,16,18H,3,8-12H2,1-2H3/t13-/m1/s1. The molecule has 0 amide bonds. The van der Waals surface area contributed by atoms with Gasteiger partial charge in [-0.15, -0.1) is 0 Å². The average molecular weight is 281 g/mol. The van der Waals surface area contributed by atoms with E-state index in [9.17, 15) is 0 Å². The molecule has 0 radical (unpaired) electrons. The number of benzene rings is 1. The first-order chi connectivity index (χ1) is 9.19. The van der Waals surface area contributed by atoms with Crippen LogP contribution in [0.25, 0.3) is 0 Å². The molecule has 1 N–H and O–H groups in total. The van der Waals surface area contributed by atoms with Crippen molar-refractivity contribution < 1.29 is 0 Å². The van der Waals surface area contributed by atoms with Crippen molar-refractivity contribution in [3.8, 4) is 0 Å². The Morgan fingerprint density at radius 1 is 1.26 bits per heavy atom. The monoisotopic (exact) mass is 280 g/mol. The van der Waals surface area contributed by atoms with Crippen LogP contribution >= 0.6 is 11.6 Å². The van der Waals surface area contributed by atoms with E-state index in [0.29, 0.717) is 12.1 Å². The number of nitrogens with one attached hydrogen (secondary N) is 1. The molecule has 1 aliphatic rings. The van der Waals surface area contributed by atoms with Crippen LogP contribution in [0.4, 0.5) is 0 Å². The van der Waals surface area contributed by atoms with Crippen molar-refractivity contribution in [2.45, 2.75) is 45.2 Å². The van der Waals surface area contributed by atoms with E-state index in [-0.39, 0.29) is 0 Å². The highest BCUT2D eigenvalue weighted by Crippen LogP contribution is 2.19. The van der Waals surface area contributed by atoms with Gasteiger partial charge < -0.3 is 10.2 Å². The average Bonchev–Trinajstić information content (AvgIpc) is 2.42. The Balaban J connectivity index is 1.80. The highest BCUT2D eigenvalue weighted by atomic mass is 35.5. The summed E-state index contributed by atoms with van der Waals surface area (Å²) in [5.41, 5.74) is 1.32. The van der Waals surface area contributed by atoms with Crippen molar-refractivity contribution >= 4 is 11.6 Å². The van der Waals surface area contributed by atoms with Gasteiger partial charge in [-0.25, -0.2) is 0 Å². The molecular formula is C16H25ClN2. The Labute approximate surface area is 122 Å². The van der Waals surface area contributed by atoms with Crippen LogP contribution in [0.3, 0.4) is 0 Å². The predicted molar refractivity (Wildman–Crippen MR) is 82.8 cm³/mol. The number of likely N-dealkylation sites (tertiary alicyclic amines) is 1. The van der Waals surface area contributed by atoms with Crippen molar-refractivity contribution in [2.24, 2.45) is 0 Å². The molecule has 0 saturated carbocycles. The van der Waals surface area contributed by atoms with Crippen LogP contribution in [-0.2, 0) is 0 Å². The van der Waals surface area contributed by atoms with Crippen molar-refractivity contribution in [3.05, 3.63) is 34.9 Å². The molecule has 3 heteroatoms. The molecule has 0 unspecified atom stereocenters. The number of piperidine rings is 1. The zero-order valence-corrected chi connectivity index (χ0v) is 12.8. The number of hydrogen-bond donors (Lipinski definition) is 1. The quantitative estimate of drug-likeness (QED) is 0.881. The number of halogens is 1. The summed E-state index contributed by atoms with van der Waals surface area (Å²) in [4.78, 5) is 2.57. The Hall–Kier alpha value is -0.570. The summed E-state index contributed by atoms with van der Waals surface area (Å²) in [6.07, 6.45) is 3.79. The van der Waals surface area contributed by atoms with Crippen LogP contribution in [0.2, 0.25) is 5.02 Å². The molecule has 0 aliphatic carbocycles. The minimum absolute atomic E-state index is 0.403. The summed E-state index contributed by atoms with van der Waals surface area (Å²) in [7, 11) is 0. The van der Waals surface area contributed by atoms with Gasteiger partial charge in [0, 0.05) is 17.1 Å². The van der Waals surface area contributed by atoms with E-state index in [1.54, 1.807) is 0 Å². The van der Waals surface area contributed by atoms with Gasteiger partial charge in [0.1, 0.15) is 0 Å². The van der Waals surface area contributed by atoms with Crippen molar-refractivity contribution in [1.82, 2.24) is 10.2 Å². The third-order valence-corrected chi connectivity index (χ3v) is 4.24. The number of hydrogen-bond acceptors (Lipinski definition) is 2. The summed E-state index contributed by atoms with van der Waals surface area (Å²) >= 11 is 5.93. The van der Waals surface area contributed by atoms with E-state index in [0.717, 1.165) is 5.02 Å². The normalized spacial score (nSPS) is 19.5. The summed E-state index contributed by atoms with van der Waals surface area (Å²) < 4.78 is 0. The first kappa shape index (κ1) is 14.8. The molecule has 1 aromatic carbocycles. The molecule has 19 heavy (non-hydrogen) atoms. The molecule has 1 aliphatic heterocycles. The molecule has 2 nitrogen and oxygen atoms in total. The minimum atomic E-state index is 0.403. The van der Waals surface area contributed by atoms with Crippen LogP contribution in [-0.4, -0.2) is 30.6 Å². The molecule has 1 heterocycles. The van der Waals surface area contributed by atoms with E-state index < -0.39 is 0 Å². The van der Waals surface area contributed by atoms with E-state index in [1.165, 1.54) is 44.5 Å². The third kappa shape index (κ3) is 4.48. The minimum Gasteiger partial charge on any atom is -0.307 e. The maximum absolute atomic E-state index is 5.93. The summed E-state index contributed by atoms with van der Waals surface area (Å²) in [6.45, 7) is 8.21. The van der Waals surface area contributed by atoms with Crippen LogP contribution in [0.1, 0.15) is 44.7 Å². The van der Waals surface area contributed by atoms with E-state index >= 15 is 0 Å². The molecule has 1 fully saturated rings. The SMILES string of the molecule is CCCN1CCC(N[C@H](C)c2ccc(Cl)cc2)CC1. The van der Waals surface area contributed by atoms with Crippen LogP contribution in [0.15, 0.2) is 24.3 Å². The van der Waals surface area contributed by atoms with Crippen molar-refractivity contribution in [2.75, 3.05) is 19.6 Å². The fourth-order valence-corrected chi connectivity index (χ4v) is 2.97. The van der Waals surface area contributed by atoms with Gasteiger partial charge in [-0.3, -0.25) is 0 Å². The van der Waals surface area contributed by atoms with Gasteiger partial charge in [0.05, 0.1) is 0 Å². The lowest BCUT2D eigenvalue weighted by Crippen LogP contribution is -2.43. The topological polar surface area (TPSA) is 15.3 Å². The Morgan fingerprint density at radius 3 is 2.47 bits per heavy atom. The van der Waals surface area contributed by atoms with Gasteiger partial charge >= 0.3 is 0 Å². The molecule has 1 saturated heterocycles. The van der Waals surface area contributed by atoms with E-state index in [1.807, 2.05) is 12.1 Å². The highest BCUT2D eigenvalue weighted by Gasteiger charge is 2.20. The van der Waals surface area contributed by atoms with Gasteiger partial charge in [0.15, 0.2) is 0 Å². The molecule has 0 spiro atoms. The largest absolute Gasteiger partial charge is 0.307 e. The number of nitrogens with zero attached hydrogens (tertiary/aromatic N) is 1. The maximum atomic E-state index is 5.93. The van der Waals surface area contributed by atoms with Crippen LogP contribution in [0, 0.1) is 0 Å². The second-order valence-electron chi connectivity index (χ2n) is 5.56.